The van der Waals surface area contributed by atoms with Gasteiger partial charge in [0.2, 0.25) is 5.89 Å². The van der Waals surface area contributed by atoms with Gasteiger partial charge in [0.15, 0.2) is 0 Å². The molecule has 0 bridgehead atoms. The summed E-state index contributed by atoms with van der Waals surface area (Å²) in [4.78, 5) is 21.3. The third-order valence-electron chi connectivity index (χ3n) is 4.64. The second kappa shape index (κ2) is 8.21. The summed E-state index contributed by atoms with van der Waals surface area (Å²) < 4.78 is 5.90. The van der Waals surface area contributed by atoms with Gasteiger partial charge in [-0.15, -0.1) is 0 Å². The number of rotatable bonds is 3. The fourth-order valence-corrected chi connectivity index (χ4v) is 3.64. The Labute approximate surface area is 170 Å². The first kappa shape index (κ1) is 20.2. The summed E-state index contributed by atoms with van der Waals surface area (Å²) in [5.41, 5.74) is 0.481. The molecule has 1 aliphatic rings. The van der Waals surface area contributed by atoms with E-state index in [9.17, 15) is 4.79 Å². The van der Waals surface area contributed by atoms with Crippen molar-refractivity contribution < 1.29 is 9.21 Å². The molecule has 3 rings (SSSR count). The molecule has 1 saturated heterocycles. The van der Waals surface area contributed by atoms with E-state index in [1.807, 2.05) is 11.1 Å². The third-order valence-corrected chi connectivity index (χ3v) is 5.07. The zero-order valence-corrected chi connectivity index (χ0v) is 17.5. The SMILES string of the molecule is CC(C)(C)c1cnc(CN2CCCN(C(=O)c3cc(Cl)cc(Cl)c3)CC2)o1. The highest BCUT2D eigenvalue weighted by Gasteiger charge is 2.23. The Balaban J connectivity index is 1.61. The van der Waals surface area contributed by atoms with Crippen LogP contribution in [-0.4, -0.2) is 46.9 Å². The predicted octanol–water partition coefficient (Wildman–Crippen LogP) is 4.63. The standard InChI is InChI=1S/C20H25Cl2N3O2/c1-20(2,3)17-12-23-18(27-17)13-24-5-4-6-25(8-7-24)19(26)14-9-15(21)11-16(22)10-14/h9-12H,4-8,13H2,1-3H3. The Hall–Kier alpha value is -1.56. The topological polar surface area (TPSA) is 49.6 Å². The van der Waals surface area contributed by atoms with Crippen LogP contribution in [0, 0.1) is 0 Å². The highest BCUT2D eigenvalue weighted by atomic mass is 35.5. The molecule has 0 atom stereocenters. The molecule has 7 heteroatoms. The summed E-state index contributed by atoms with van der Waals surface area (Å²) in [5.74, 6) is 1.58. The quantitative estimate of drug-likeness (QED) is 0.741. The largest absolute Gasteiger partial charge is 0.444 e. The molecular formula is C20H25Cl2N3O2. The molecule has 146 valence electrons. The van der Waals surface area contributed by atoms with Gasteiger partial charge in [0, 0.05) is 47.2 Å². The Kier molecular flexibility index (Phi) is 6.14. The lowest BCUT2D eigenvalue weighted by atomic mass is 9.94. The number of halogens is 2. The monoisotopic (exact) mass is 409 g/mol. The minimum Gasteiger partial charge on any atom is -0.444 e. The average Bonchev–Trinajstić information content (AvgIpc) is 2.93. The molecule has 2 heterocycles. The molecule has 5 nitrogen and oxygen atoms in total. The molecule has 1 fully saturated rings. The van der Waals surface area contributed by atoms with Crippen LogP contribution in [0.4, 0.5) is 0 Å². The minimum atomic E-state index is -0.0501. The van der Waals surface area contributed by atoms with Crippen LogP contribution in [0.15, 0.2) is 28.8 Å². The molecule has 0 saturated carbocycles. The summed E-state index contributed by atoms with van der Waals surface area (Å²) in [6, 6.07) is 4.96. The van der Waals surface area contributed by atoms with E-state index in [0.717, 1.165) is 31.2 Å². The van der Waals surface area contributed by atoms with Gasteiger partial charge in [0.05, 0.1) is 12.7 Å². The summed E-state index contributed by atoms with van der Waals surface area (Å²) in [7, 11) is 0. The maximum absolute atomic E-state index is 12.8. The van der Waals surface area contributed by atoms with Crippen molar-refractivity contribution in [2.45, 2.75) is 39.2 Å². The number of carbonyl (C=O) groups excluding carboxylic acids is 1. The number of amides is 1. The number of aromatic nitrogens is 1. The van der Waals surface area contributed by atoms with E-state index in [0.29, 0.717) is 35.2 Å². The first-order chi connectivity index (χ1) is 12.7. The van der Waals surface area contributed by atoms with Crippen molar-refractivity contribution in [1.82, 2.24) is 14.8 Å². The Morgan fingerprint density at radius 1 is 1.11 bits per heavy atom. The second-order valence-corrected chi connectivity index (χ2v) is 8.82. The molecule has 1 aliphatic heterocycles. The van der Waals surface area contributed by atoms with E-state index in [1.54, 1.807) is 18.2 Å². The molecule has 0 N–H and O–H groups in total. The van der Waals surface area contributed by atoms with Gasteiger partial charge >= 0.3 is 0 Å². The lowest BCUT2D eigenvalue weighted by Gasteiger charge is -2.21. The number of carbonyl (C=O) groups is 1. The molecule has 27 heavy (non-hydrogen) atoms. The molecule has 0 unspecified atom stereocenters. The Morgan fingerprint density at radius 2 is 1.81 bits per heavy atom. The van der Waals surface area contributed by atoms with Gasteiger partial charge in [-0.25, -0.2) is 4.98 Å². The lowest BCUT2D eigenvalue weighted by Crippen LogP contribution is -2.35. The molecule has 2 aromatic rings. The van der Waals surface area contributed by atoms with Crippen LogP contribution in [0.2, 0.25) is 10.0 Å². The second-order valence-electron chi connectivity index (χ2n) is 7.95. The van der Waals surface area contributed by atoms with Crippen molar-refractivity contribution in [3.63, 3.8) is 0 Å². The van der Waals surface area contributed by atoms with Crippen LogP contribution in [-0.2, 0) is 12.0 Å². The van der Waals surface area contributed by atoms with Crippen LogP contribution >= 0.6 is 23.2 Å². The molecule has 0 radical (unpaired) electrons. The van der Waals surface area contributed by atoms with Gasteiger partial charge in [-0.1, -0.05) is 44.0 Å². The fraction of sp³-hybridized carbons (Fsp3) is 0.500. The number of hydrogen-bond acceptors (Lipinski definition) is 4. The van der Waals surface area contributed by atoms with Crippen molar-refractivity contribution in [1.29, 1.82) is 0 Å². The van der Waals surface area contributed by atoms with Crippen molar-refractivity contribution in [3.05, 3.63) is 51.7 Å². The van der Waals surface area contributed by atoms with E-state index in [-0.39, 0.29) is 11.3 Å². The van der Waals surface area contributed by atoms with Crippen molar-refractivity contribution >= 4 is 29.1 Å². The van der Waals surface area contributed by atoms with E-state index < -0.39 is 0 Å². The fourth-order valence-electron chi connectivity index (χ4n) is 3.11. The lowest BCUT2D eigenvalue weighted by molar-refractivity contribution is 0.0760. The number of nitrogens with zero attached hydrogens (tertiary/aromatic N) is 3. The summed E-state index contributed by atoms with van der Waals surface area (Å²) in [6.45, 7) is 9.99. The first-order valence-corrected chi connectivity index (χ1v) is 9.91. The van der Waals surface area contributed by atoms with Crippen LogP contribution in [0.1, 0.15) is 49.2 Å². The van der Waals surface area contributed by atoms with Gasteiger partial charge in [-0.05, 0) is 24.6 Å². The number of hydrogen-bond donors (Lipinski definition) is 0. The highest BCUT2D eigenvalue weighted by molar-refractivity contribution is 6.35. The number of benzene rings is 1. The normalized spacial score (nSPS) is 16.4. The Morgan fingerprint density at radius 3 is 2.44 bits per heavy atom. The van der Waals surface area contributed by atoms with E-state index in [4.69, 9.17) is 27.6 Å². The van der Waals surface area contributed by atoms with Crippen molar-refractivity contribution in [2.75, 3.05) is 26.2 Å². The molecule has 0 spiro atoms. The molecule has 0 aliphatic carbocycles. The smallest absolute Gasteiger partial charge is 0.254 e. The maximum Gasteiger partial charge on any atom is 0.254 e. The van der Waals surface area contributed by atoms with Crippen molar-refractivity contribution in [2.24, 2.45) is 0 Å². The predicted molar refractivity (Wildman–Crippen MR) is 107 cm³/mol. The molecule has 1 aromatic heterocycles. The summed E-state index contributed by atoms with van der Waals surface area (Å²) >= 11 is 12.1. The zero-order chi connectivity index (χ0) is 19.6. The van der Waals surface area contributed by atoms with Gasteiger partial charge in [-0.2, -0.15) is 0 Å². The van der Waals surface area contributed by atoms with Gasteiger partial charge in [0.25, 0.3) is 5.91 Å². The average molecular weight is 410 g/mol. The highest BCUT2D eigenvalue weighted by Crippen LogP contribution is 2.24. The summed E-state index contributed by atoms with van der Waals surface area (Å²) in [6.07, 6.45) is 2.71. The van der Waals surface area contributed by atoms with Gasteiger partial charge in [-0.3, -0.25) is 9.69 Å². The van der Waals surface area contributed by atoms with E-state index >= 15 is 0 Å². The number of oxazole rings is 1. The van der Waals surface area contributed by atoms with Crippen LogP contribution in [0.3, 0.4) is 0 Å². The maximum atomic E-state index is 12.8. The van der Waals surface area contributed by atoms with Crippen LogP contribution < -0.4 is 0 Å². The molecule has 1 aromatic carbocycles. The Bertz CT molecular complexity index is 794. The van der Waals surface area contributed by atoms with Crippen molar-refractivity contribution in [3.8, 4) is 0 Å². The van der Waals surface area contributed by atoms with Crippen LogP contribution in [0.5, 0.6) is 0 Å². The minimum absolute atomic E-state index is 0.0348. The van der Waals surface area contributed by atoms with E-state index in [2.05, 4.69) is 30.7 Å². The van der Waals surface area contributed by atoms with Gasteiger partial charge < -0.3 is 9.32 Å². The molecular weight excluding hydrogens is 385 g/mol. The third kappa shape index (κ3) is 5.24. The van der Waals surface area contributed by atoms with Gasteiger partial charge in [0.1, 0.15) is 5.76 Å². The van der Waals surface area contributed by atoms with Crippen LogP contribution in [0.25, 0.3) is 0 Å². The zero-order valence-electron chi connectivity index (χ0n) is 16.0. The molecule has 1 amide bonds. The first-order valence-electron chi connectivity index (χ1n) is 9.15. The van der Waals surface area contributed by atoms with E-state index in [1.165, 1.54) is 0 Å². The summed E-state index contributed by atoms with van der Waals surface area (Å²) in [5, 5.41) is 0.946.